The first-order chi connectivity index (χ1) is 8.13. The maximum absolute atomic E-state index is 12.9. The van der Waals surface area contributed by atoms with E-state index in [2.05, 4.69) is 26.2 Å². The lowest BCUT2D eigenvalue weighted by atomic mass is 10.2. The smallest absolute Gasteiger partial charge is 0.140 e. The lowest BCUT2D eigenvalue weighted by molar-refractivity contribution is 0.628. The average molecular weight is 298 g/mol. The Bertz CT molecular complexity index is 519. The molecule has 3 nitrogen and oxygen atoms in total. The van der Waals surface area contributed by atoms with Crippen molar-refractivity contribution >= 4 is 15.9 Å². The number of aromatic nitrogens is 2. The van der Waals surface area contributed by atoms with Crippen LogP contribution in [0.2, 0.25) is 0 Å². The second kappa shape index (κ2) is 4.98. The predicted molar refractivity (Wildman–Crippen MR) is 69.1 cm³/mol. The number of hydrogen-bond donors (Lipinski definition) is 1. The summed E-state index contributed by atoms with van der Waals surface area (Å²) in [6.07, 6.45) is 0. The molecule has 0 spiro atoms. The topological polar surface area (TPSA) is 29.9 Å². The van der Waals surface area contributed by atoms with Crippen molar-refractivity contribution in [1.29, 1.82) is 0 Å². The third kappa shape index (κ3) is 2.40. The molecule has 0 saturated carbocycles. The standard InChI is InChI=1S/C12H13BrFN3/c1-15-7-10-11(13)17(2)12(16-10)8-3-5-9(14)6-4-8/h3-6,15H,7H2,1-2H3. The van der Waals surface area contributed by atoms with Crippen LogP contribution in [0.25, 0.3) is 11.4 Å². The molecule has 0 bridgehead atoms. The lowest BCUT2D eigenvalue weighted by Gasteiger charge is -2.01. The first kappa shape index (κ1) is 12.3. The summed E-state index contributed by atoms with van der Waals surface area (Å²) in [5.74, 6) is 0.583. The van der Waals surface area contributed by atoms with Crippen LogP contribution in [0.1, 0.15) is 5.69 Å². The average Bonchev–Trinajstić information content (AvgIpc) is 2.59. The summed E-state index contributed by atoms with van der Waals surface area (Å²) in [6.45, 7) is 0.690. The van der Waals surface area contributed by atoms with Gasteiger partial charge in [-0.2, -0.15) is 0 Å². The molecule has 5 heteroatoms. The van der Waals surface area contributed by atoms with Crippen LogP contribution in [0, 0.1) is 5.82 Å². The third-order valence-corrected chi connectivity index (χ3v) is 3.53. The normalized spacial score (nSPS) is 10.8. The first-order valence-electron chi connectivity index (χ1n) is 5.25. The number of benzene rings is 1. The summed E-state index contributed by atoms with van der Waals surface area (Å²) < 4.78 is 15.7. The molecular formula is C12H13BrFN3. The van der Waals surface area contributed by atoms with Crippen molar-refractivity contribution in [2.24, 2.45) is 7.05 Å². The van der Waals surface area contributed by atoms with Crippen LogP contribution in [0.15, 0.2) is 28.9 Å². The Morgan fingerprint density at radius 2 is 2.00 bits per heavy atom. The fourth-order valence-corrected chi connectivity index (χ4v) is 2.07. The van der Waals surface area contributed by atoms with Gasteiger partial charge in [0.1, 0.15) is 16.2 Å². The van der Waals surface area contributed by atoms with E-state index in [-0.39, 0.29) is 5.82 Å². The molecule has 0 unspecified atom stereocenters. The largest absolute Gasteiger partial charge is 0.322 e. The van der Waals surface area contributed by atoms with Gasteiger partial charge in [0.15, 0.2) is 0 Å². The van der Waals surface area contributed by atoms with Gasteiger partial charge in [-0.1, -0.05) is 0 Å². The van der Waals surface area contributed by atoms with Crippen LogP contribution in [0.4, 0.5) is 4.39 Å². The summed E-state index contributed by atoms with van der Waals surface area (Å²) >= 11 is 3.50. The minimum Gasteiger partial charge on any atom is -0.322 e. The van der Waals surface area contributed by atoms with E-state index in [1.807, 2.05) is 18.7 Å². The van der Waals surface area contributed by atoms with Gasteiger partial charge in [-0.3, -0.25) is 0 Å². The summed E-state index contributed by atoms with van der Waals surface area (Å²) in [4.78, 5) is 4.53. The minimum absolute atomic E-state index is 0.238. The van der Waals surface area contributed by atoms with Crippen molar-refractivity contribution in [1.82, 2.24) is 14.9 Å². The Labute approximate surface area is 108 Å². The summed E-state index contributed by atoms with van der Waals surface area (Å²) in [6, 6.07) is 6.34. The van der Waals surface area contributed by atoms with E-state index in [1.165, 1.54) is 12.1 Å². The van der Waals surface area contributed by atoms with E-state index >= 15 is 0 Å². The zero-order valence-electron chi connectivity index (χ0n) is 9.67. The Morgan fingerprint density at radius 1 is 1.35 bits per heavy atom. The van der Waals surface area contributed by atoms with Crippen molar-refractivity contribution in [3.8, 4) is 11.4 Å². The van der Waals surface area contributed by atoms with Crippen molar-refractivity contribution < 1.29 is 4.39 Å². The molecule has 0 saturated heterocycles. The highest BCUT2D eigenvalue weighted by Gasteiger charge is 2.13. The highest BCUT2D eigenvalue weighted by Crippen LogP contribution is 2.25. The molecule has 1 aromatic carbocycles. The maximum atomic E-state index is 12.9. The second-order valence-corrected chi connectivity index (χ2v) is 4.52. The van der Waals surface area contributed by atoms with Crippen molar-refractivity contribution in [2.75, 3.05) is 7.05 Å². The van der Waals surface area contributed by atoms with E-state index < -0.39 is 0 Å². The number of rotatable bonds is 3. The van der Waals surface area contributed by atoms with Crippen molar-refractivity contribution in [2.45, 2.75) is 6.54 Å². The molecule has 0 fully saturated rings. The summed E-state index contributed by atoms with van der Waals surface area (Å²) in [5, 5.41) is 3.06. The van der Waals surface area contributed by atoms with E-state index in [0.717, 1.165) is 21.7 Å². The summed E-state index contributed by atoms with van der Waals surface area (Å²) in [5.41, 5.74) is 1.84. The quantitative estimate of drug-likeness (QED) is 0.944. The van der Waals surface area contributed by atoms with Gasteiger partial charge in [-0.05, 0) is 47.2 Å². The number of nitrogens with one attached hydrogen (secondary N) is 1. The van der Waals surface area contributed by atoms with Gasteiger partial charge in [-0.25, -0.2) is 9.37 Å². The van der Waals surface area contributed by atoms with E-state index in [1.54, 1.807) is 12.1 Å². The fraction of sp³-hybridized carbons (Fsp3) is 0.250. The Balaban J connectivity index is 2.45. The number of hydrogen-bond acceptors (Lipinski definition) is 2. The van der Waals surface area contributed by atoms with Gasteiger partial charge in [0.25, 0.3) is 0 Å². The molecule has 1 aromatic heterocycles. The predicted octanol–water partition coefficient (Wildman–Crippen LogP) is 2.71. The monoisotopic (exact) mass is 297 g/mol. The van der Waals surface area contributed by atoms with Gasteiger partial charge in [0, 0.05) is 19.2 Å². The van der Waals surface area contributed by atoms with Gasteiger partial charge in [0.05, 0.1) is 5.69 Å². The van der Waals surface area contributed by atoms with Gasteiger partial charge < -0.3 is 9.88 Å². The lowest BCUT2D eigenvalue weighted by Crippen LogP contribution is -2.05. The molecule has 0 radical (unpaired) electrons. The number of imidazole rings is 1. The van der Waals surface area contributed by atoms with Crippen LogP contribution in [0.3, 0.4) is 0 Å². The Kier molecular flexibility index (Phi) is 3.59. The molecule has 90 valence electrons. The molecule has 1 N–H and O–H groups in total. The van der Waals surface area contributed by atoms with Crippen LogP contribution in [-0.2, 0) is 13.6 Å². The zero-order valence-corrected chi connectivity index (χ0v) is 11.3. The SMILES string of the molecule is CNCc1nc(-c2ccc(F)cc2)n(C)c1Br. The Hall–Kier alpha value is -1.20. The van der Waals surface area contributed by atoms with Gasteiger partial charge >= 0.3 is 0 Å². The van der Waals surface area contributed by atoms with Crippen LogP contribution >= 0.6 is 15.9 Å². The molecule has 2 aromatic rings. The first-order valence-corrected chi connectivity index (χ1v) is 6.04. The van der Waals surface area contributed by atoms with Gasteiger partial charge in [-0.15, -0.1) is 0 Å². The van der Waals surface area contributed by atoms with Crippen LogP contribution in [-0.4, -0.2) is 16.6 Å². The molecule has 0 aliphatic heterocycles. The van der Waals surface area contributed by atoms with E-state index in [9.17, 15) is 4.39 Å². The van der Waals surface area contributed by atoms with Crippen LogP contribution in [0.5, 0.6) is 0 Å². The van der Waals surface area contributed by atoms with Crippen LogP contribution < -0.4 is 5.32 Å². The van der Waals surface area contributed by atoms with Crippen molar-refractivity contribution in [3.63, 3.8) is 0 Å². The molecule has 0 atom stereocenters. The third-order valence-electron chi connectivity index (χ3n) is 2.54. The minimum atomic E-state index is -0.238. The van der Waals surface area contributed by atoms with E-state index in [0.29, 0.717) is 6.54 Å². The number of halogens is 2. The Morgan fingerprint density at radius 3 is 2.59 bits per heavy atom. The highest BCUT2D eigenvalue weighted by molar-refractivity contribution is 9.10. The van der Waals surface area contributed by atoms with Gasteiger partial charge in [0.2, 0.25) is 0 Å². The maximum Gasteiger partial charge on any atom is 0.140 e. The molecule has 0 amide bonds. The highest BCUT2D eigenvalue weighted by atomic mass is 79.9. The molecule has 17 heavy (non-hydrogen) atoms. The van der Waals surface area contributed by atoms with E-state index in [4.69, 9.17) is 0 Å². The molecule has 2 rings (SSSR count). The zero-order chi connectivity index (χ0) is 12.4. The molecule has 1 heterocycles. The second-order valence-electron chi connectivity index (χ2n) is 3.77. The number of nitrogens with zero attached hydrogens (tertiary/aromatic N) is 2. The molecule has 0 aliphatic rings. The van der Waals surface area contributed by atoms with Crippen molar-refractivity contribution in [3.05, 3.63) is 40.4 Å². The summed E-state index contributed by atoms with van der Waals surface area (Å²) in [7, 11) is 3.80. The fourth-order valence-electron chi connectivity index (χ4n) is 1.67. The molecular weight excluding hydrogens is 285 g/mol. The molecule has 0 aliphatic carbocycles.